The second-order valence-corrected chi connectivity index (χ2v) is 6.83. The molecule has 21 heavy (non-hydrogen) atoms. The summed E-state index contributed by atoms with van der Waals surface area (Å²) in [5, 5.41) is 7.28. The van der Waals surface area contributed by atoms with Crippen molar-refractivity contribution in [2.45, 2.75) is 47.0 Å². The highest BCUT2D eigenvalue weighted by Gasteiger charge is 2.25. The lowest BCUT2D eigenvalue weighted by Gasteiger charge is -2.22. The molecular formula is C15H21BrN4O. The topological polar surface area (TPSA) is 63.8 Å². The highest BCUT2D eigenvalue weighted by molar-refractivity contribution is 9.10. The minimum Gasteiger partial charge on any atom is -0.369 e. The molecule has 0 radical (unpaired) electrons. The highest BCUT2D eigenvalue weighted by atomic mass is 79.9. The van der Waals surface area contributed by atoms with E-state index in [1.807, 2.05) is 20.8 Å². The standard InChI is InChI=1S/C15H21BrN4O/c1-7-17-14-11(16)12(15(4,5)6)18-13(19-14)10-8(2)20-21-9(10)3/h7H2,1-6H3,(H,17,18,19). The zero-order valence-corrected chi connectivity index (χ0v) is 14.9. The number of rotatable bonds is 3. The van der Waals surface area contributed by atoms with Crippen LogP contribution in [0, 0.1) is 13.8 Å². The number of hydrogen-bond acceptors (Lipinski definition) is 5. The molecule has 0 atom stereocenters. The maximum absolute atomic E-state index is 5.24. The normalized spacial score (nSPS) is 11.8. The van der Waals surface area contributed by atoms with Crippen molar-refractivity contribution in [3.05, 3.63) is 21.6 Å². The number of nitrogens with one attached hydrogen (secondary N) is 1. The van der Waals surface area contributed by atoms with E-state index in [1.165, 1.54) is 0 Å². The van der Waals surface area contributed by atoms with Crippen molar-refractivity contribution in [3.63, 3.8) is 0 Å². The van der Waals surface area contributed by atoms with Crippen molar-refractivity contribution >= 4 is 21.7 Å². The molecule has 0 fully saturated rings. The summed E-state index contributed by atoms with van der Waals surface area (Å²) in [7, 11) is 0. The fourth-order valence-electron chi connectivity index (χ4n) is 2.14. The molecule has 0 aliphatic carbocycles. The van der Waals surface area contributed by atoms with Crippen LogP contribution >= 0.6 is 15.9 Å². The van der Waals surface area contributed by atoms with Gasteiger partial charge in [0.1, 0.15) is 11.6 Å². The van der Waals surface area contributed by atoms with Gasteiger partial charge in [0.15, 0.2) is 5.82 Å². The maximum atomic E-state index is 5.24. The molecule has 0 spiro atoms. The summed E-state index contributed by atoms with van der Waals surface area (Å²) in [5.41, 5.74) is 2.53. The average Bonchev–Trinajstić information content (AvgIpc) is 2.71. The van der Waals surface area contributed by atoms with Gasteiger partial charge in [0.25, 0.3) is 0 Å². The van der Waals surface area contributed by atoms with Gasteiger partial charge in [0.05, 0.1) is 21.4 Å². The first-order valence-corrected chi connectivity index (χ1v) is 7.80. The first-order valence-electron chi connectivity index (χ1n) is 7.00. The lowest BCUT2D eigenvalue weighted by Crippen LogP contribution is -2.17. The highest BCUT2D eigenvalue weighted by Crippen LogP contribution is 2.35. The molecule has 0 aliphatic rings. The van der Waals surface area contributed by atoms with Crippen LogP contribution in [0.3, 0.4) is 0 Å². The number of nitrogens with zero attached hydrogens (tertiary/aromatic N) is 3. The third-order valence-corrected chi connectivity index (χ3v) is 3.91. The van der Waals surface area contributed by atoms with Crippen LogP contribution in [-0.4, -0.2) is 21.7 Å². The average molecular weight is 353 g/mol. The van der Waals surface area contributed by atoms with E-state index in [0.717, 1.165) is 39.5 Å². The first kappa shape index (κ1) is 15.9. The number of aromatic nitrogens is 3. The molecule has 0 saturated carbocycles. The van der Waals surface area contributed by atoms with Crippen LogP contribution in [0.5, 0.6) is 0 Å². The Hall–Kier alpha value is -1.43. The fourth-order valence-corrected chi connectivity index (χ4v) is 3.05. The predicted octanol–water partition coefficient (Wildman–Crippen LogP) is 4.24. The monoisotopic (exact) mass is 352 g/mol. The van der Waals surface area contributed by atoms with Crippen LogP contribution in [0.25, 0.3) is 11.4 Å². The van der Waals surface area contributed by atoms with Crippen LogP contribution in [-0.2, 0) is 5.41 Å². The Kier molecular flexibility index (Phi) is 4.37. The van der Waals surface area contributed by atoms with Crippen molar-refractivity contribution in [3.8, 4) is 11.4 Å². The number of anilines is 1. The summed E-state index contributed by atoms with van der Waals surface area (Å²) in [6.45, 7) is 13.0. The summed E-state index contributed by atoms with van der Waals surface area (Å²) >= 11 is 3.63. The molecule has 114 valence electrons. The van der Waals surface area contributed by atoms with Gasteiger partial charge < -0.3 is 9.84 Å². The summed E-state index contributed by atoms with van der Waals surface area (Å²) in [6.07, 6.45) is 0. The number of aryl methyl sites for hydroxylation is 2. The van der Waals surface area contributed by atoms with Gasteiger partial charge in [0, 0.05) is 12.0 Å². The van der Waals surface area contributed by atoms with E-state index in [4.69, 9.17) is 9.51 Å². The van der Waals surface area contributed by atoms with Crippen LogP contribution < -0.4 is 5.32 Å². The first-order chi connectivity index (χ1) is 9.75. The molecule has 0 aromatic carbocycles. The summed E-state index contributed by atoms with van der Waals surface area (Å²) in [6, 6.07) is 0. The van der Waals surface area contributed by atoms with E-state index in [-0.39, 0.29) is 5.41 Å². The predicted molar refractivity (Wildman–Crippen MR) is 87.6 cm³/mol. The third kappa shape index (κ3) is 3.10. The van der Waals surface area contributed by atoms with Crippen molar-refractivity contribution in [2.24, 2.45) is 0 Å². The molecule has 1 N–H and O–H groups in total. The zero-order chi connectivity index (χ0) is 15.8. The molecule has 0 amide bonds. The van der Waals surface area contributed by atoms with Gasteiger partial charge in [-0.15, -0.1) is 0 Å². The molecule has 2 aromatic rings. The SMILES string of the molecule is CCNc1nc(-c2c(C)noc2C)nc(C(C)(C)C)c1Br. The smallest absolute Gasteiger partial charge is 0.167 e. The zero-order valence-electron chi connectivity index (χ0n) is 13.3. The van der Waals surface area contributed by atoms with Crippen LogP contribution in [0.2, 0.25) is 0 Å². The van der Waals surface area contributed by atoms with Gasteiger partial charge in [-0.25, -0.2) is 9.97 Å². The summed E-state index contributed by atoms with van der Waals surface area (Å²) < 4.78 is 6.15. The molecule has 0 saturated heterocycles. The molecule has 0 unspecified atom stereocenters. The van der Waals surface area contributed by atoms with Crippen LogP contribution in [0.4, 0.5) is 5.82 Å². The molecule has 0 aliphatic heterocycles. The number of hydrogen-bond donors (Lipinski definition) is 1. The quantitative estimate of drug-likeness (QED) is 0.894. The molecule has 2 rings (SSSR count). The molecule has 6 heteroatoms. The molecular weight excluding hydrogens is 332 g/mol. The van der Waals surface area contributed by atoms with Crippen molar-refractivity contribution in [1.29, 1.82) is 0 Å². The molecule has 0 bridgehead atoms. The van der Waals surface area contributed by atoms with E-state index < -0.39 is 0 Å². The Morgan fingerprint density at radius 1 is 1.19 bits per heavy atom. The van der Waals surface area contributed by atoms with Crippen LogP contribution in [0.1, 0.15) is 44.8 Å². The largest absolute Gasteiger partial charge is 0.369 e. The third-order valence-electron chi connectivity index (χ3n) is 3.16. The van der Waals surface area contributed by atoms with E-state index in [0.29, 0.717) is 5.82 Å². The van der Waals surface area contributed by atoms with Gasteiger partial charge in [-0.2, -0.15) is 0 Å². The van der Waals surface area contributed by atoms with Gasteiger partial charge in [0.2, 0.25) is 0 Å². The van der Waals surface area contributed by atoms with Crippen molar-refractivity contribution in [2.75, 3.05) is 11.9 Å². The van der Waals surface area contributed by atoms with Gasteiger partial charge in [-0.1, -0.05) is 25.9 Å². The Bertz CT molecular complexity index is 639. The second-order valence-electron chi connectivity index (χ2n) is 6.04. The van der Waals surface area contributed by atoms with Crippen molar-refractivity contribution in [1.82, 2.24) is 15.1 Å². The lowest BCUT2D eigenvalue weighted by molar-refractivity contribution is 0.393. The van der Waals surface area contributed by atoms with E-state index >= 15 is 0 Å². The fraction of sp³-hybridized carbons (Fsp3) is 0.533. The van der Waals surface area contributed by atoms with E-state index in [9.17, 15) is 0 Å². The Morgan fingerprint density at radius 3 is 2.33 bits per heavy atom. The minimum atomic E-state index is -0.0976. The second kappa shape index (κ2) is 5.75. The molecule has 2 heterocycles. The van der Waals surface area contributed by atoms with Crippen molar-refractivity contribution < 1.29 is 4.52 Å². The Labute approximate surface area is 133 Å². The molecule has 2 aromatic heterocycles. The van der Waals surface area contributed by atoms with Gasteiger partial charge >= 0.3 is 0 Å². The van der Waals surface area contributed by atoms with Crippen LogP contribution in [0.15, 0.2) is 9.00 Å². The van der Waals surface area contributed by atoms with Gasteiger partial charge in [-0.05, 0) is 36.7 Å². The van der Waals surface area contributed by atoms with Gasteiger partial charge in [-0.3, -0.25) is 0 Å². The molecule has 5 nitrogen and oxygen atoms in total. The summed E-state index contributed by atoms with van der Waals surface area (Å²) in [4.78, 5) is 9.38. The van der Waals surface area contributed by atoms with E-state index in [1.54, 1.807) is 0 Å². The Balaban J connectivity index is 2.71. The van der Waals surface area contributed by atoms with E-state index in [2.05, 4.69) is 52.2 Å². The lowest BCUT2D eigenvalue weighted by atomic mass is 9.91. The maximum Gasteiger partial charge on any atom is 0.167 e. The summed E-state index contributed by atoms with van der Waals surface area (Å²) in [5.74, 6) is 2.18. The minimum absolute atomic E-state index is 0.0976. The Morgan fingerprint density at radius 2 is 1.86 bits per heavy atom. The number of halogens is 1.